The summed E-state index contributed by atoms with van der Waals surface area (Å²) >= 11 is 11.9. The second kappa shape index (κ2) is 7.73. The Morgan fingerprint density at radius 2 is 1.37 bits per heavy atom. The van der Waals surface area contributed by atoms with E-state index in [-0.39, 0.29) is 21.6 Å². The normalized spacial score (nSPS) is 12.7. The van der Waals surface area contributed by atoms with E-state index in [2.05, 4.69) is 46.5 Å². The van der Waals surface area contributed by atoms with Gasteiger partial charge >= 0.3 is 0 Å². The van der Waals surface area contributed by atoms with Gasteiger partial charge in [0.05, 0.1) is 11.6 Å². The summed E-state index contributed by atoms with van der Waals surface area (Å²) in [6.07, 6.45) is 1.56. The molecule has 146 valence electrons. The fourth-order valence-corrected chi connectivity index (χ4v) is 3.37. The van der Waals surface area contributed by atoms with Gasteiger partial charge in [-0.3, -0.25) is 4.99 Å². The van der Waals surface area contributed by atoms with E-state index in [1.54, 1.807) is 12.3 Å². The molecule has 2 rings (SSSR count). The van der Waals surface area contributed by atoms with E-state index >= 15 is 0 Å². The summed E-state index contributed by atoms with van der Waals surface area (Å²) in [5.74, 6) is 0.309. The highest BCUT2D eigenvalue weighted by molar-refractivity contribution is 6.36. The van der Waals surface area contributed by atoms with Crippen molar-refractivity contribution in [3.8, 4) is 11.5 Å². The Labute approximate surface area is 171 Å². The van der Waals surface area contributed by atoms with Gasteiger partial charge in [-0.25, -0.2) is 0 Å². The van der Waals surface area contributed by atoms with Gasteiger partial charge in [0.15, 0.2) is 0 Å². The van der Waals surface area contributed by atoms with Crippen LogP contribution in [-0.4, -0.2) is 16.4 Å². The minimum absolute atomic E-state index is 0.0405. The van der Waals surface area contributed by atoms with Crippen molar-refractivity contribution in [1.82, 2.24) is 0 Å². The zero-order valence-corrected chi connectivity index (χ0v) is 18.2. The zero-order valence-electron chi connectivity index (χ0n) is 16.7. The number of phenolic OH excluding ortho intramolecular Hbond substituents is 2. The van der Waals surface area contributed by atoms with E-state index in [0.29, 0.717) is 22.9 Å². The number of rotatable bonds is 3. The molecule has 0 saturated heterocycles. The fourth-order valence-electron chi connectivity index (χ4n) is 2.86. The molecule has 0 bridgehead atoms. The number of halogens is 2. The van der Waals surface area contributed by atoms with Crippen LogP contribution in [-0.2, 0) is 17.4 Å². The third-order valence-electron chi connectivity index (χ3n) is 4.35. The third-order valence-corrected chi connectivity index (χ3v) is 4.85. The summed E-state index contributed by atoms with van der Waals surface area (Å²) in [5, 5.41) is 21.5. The Balaban J connectivity index is 2.42. The van der Waals surface area contributed by atoms with Crippen molar-refractivity contribution in [3.05, 3.63) is 56.6 Å². The Morgan fingerprint density at radius 1 is 0.852 bits per heavy atom. The van der Waals surface area contributed by atoms with Crippen LogP contribution in [0.5, 0.6) is 11.5 Å². The molecule has 0 fully saturated rings. The van der Waals surface area contributed by atoms with Crippen molar-refractivity contribution >= 4 is 29.4 Å². The average Bonchev–Trinajstić information content (AvgIpc) is 2.51. The highest BCUT2D eigenvalue weighted by Crippen LogP contribution is 2.40. The molecule has 5 heteroatoms. The van der Waals surface area contributed by atoms with Gasteiger partial charge in [-0.1, -0.05) is 64.7 Å². The highest BCUT2D eigenvalue weighted by Gasteiger charge is 2.26. The first-order valence-electron chi connectivity index (χ1n) is 8.85. The highest BCUT2D eigenvalue weighted by atomic mass is 35.5. The first-order valence-corrected chi connectivity index (χ1v) is 9.61. The summed E-state index contributed by atoms with van der Waals surface area (Å²) < 4.78 is 0. The fraction of sp³-hybridized carbons (Fsp3) is 0.409. The van der Waals surface area contributed by atoms with Gasteiger partial charge in [-0.2, -0.15) is 0 Å². The van der Waals surface area contributed by atoms with Crippen LogP contribution in [0.25, 0.3) is 0 Å². The maximum absolute atomic E-state index is 10.8. The average molecular weight is 408 g/mol. The quantitative estimate of drug-likeness (QED) is 0.561. The molecule has 0 saturated carbocycles. The second-order valence-electron chi connectivity index (χ2n) is 8.83. The molecule has 2 N–H and O–H groups in total. The molecule has 0 unspecified atom stereocenters. The summed E-state index contributed by atoms with van der Waals surface area (Å²) in [4.78, 5) is 4.45. The van der Waals surface area contributed by atoms with Crippen molar-refractivity contribution < 1.29 is 10.2 Å². The van der Waals surface area contributed by atoms with E-state index in [1.807, 2.05) is 12.1 Å². The van der Waals surface area contributed by atoms with Crippen LogP contribution in [0.15, 0.2) is 29.3 Å². The molecule has 27 heavy (non-hydrogen) atoms. The van der Waals surface area contributed by atoms with Gasteiger partial charge in [0, 0.05) is 16.8 Å². The molecule has 0 heterocycles. The van der Waals surface area contributed by atoms with Gasteiger partial charge < -0.3 is 10.2 Å². The van der Waals surface area contributed by atoms with Gasteiger partial charge in [0.1, 0.15) is 11.5 Å². The molecule has 0 aromatic heterocycles. The molecule has 0 aliphatic carbocycles. The zero-order chi connectivity index (χ0) is 20.6. The second-order valence-corrected chi connectivity index (χ2v) is 9.68. The lowest BCUT2D eigenvalue weighted by Crippen LogP contribution is -2.17. The predicted molar refractivity (Wildman–Crippen MR) is 115 cm³/mol. The lowest BCUT2D eigenvalue weighted by molar-refractivity contribution is 0.422. The predicted octanol–water partition coefficient (Wildman–Crippen LogP) is 6.62. The van der Waals surface area contributed by atoms with Gasteiger partial charge in [-0.05, 0) is 51.8 Å². The van der Waals surface area contributed by atoms with Crippen LogP contribution in [0.1, 0.15) is 63.8 Å². The smallest absolute Gasteiger partial charge is 0.143 e. The van der Waals surface area contributed by atoms with E-state index in [1.165, 1.54) is 6.07 Å². The summed E-state index contributed by atoms with van der Waals surface area (Å²) in [7, 11) is 0. The molecule has 0 atom stereocenters. The van der Waals surface area contributed by atoms with E-state index in [0.717, 1.165) is 16.7 Å². The Hall–Kier alpha value is -1.71. The molecule has 2 aromatic carbocycles. The first kappa shape index (κ1) is 21.6. The lowest BCUT2D eigenvalue weighted by Gasteiger charge is -2.28. The molecule has 2 aromatic rings. The molecule has 0 aliphatic heterocycles. The Bertz CT molecular complexity index is 840. The number of aromatic hydroxyl groups is 2. The Kier molecular flexibility index (Phi) is 6.18. The summed E-state index contributed by atoms with van der Waals surface area (Å²) in [6, 6.07) is 7.09. The third kappa shape index (κ3) is 5.18. The maximum Gasteiger partial charge on any atom is 0.143 e. The molecule has 3 nitrogen and oxygen atoms in total. The largest absolute Gasteiger partial charge is 0.507 e. The van der Waals surface area contributed by atoms with Crippen molar-refractivity contribution in [2.75, 3.05) is 0 Å². The van der Waals surface area contributed by atoms with Gasteiger partial charge in [-0.15, -0.1) is 0 Å². The standard InChI is InChI=1S/C22H27Cl2NO2/c1-21(2,3)16-7-13(8-17(20(16)27)22(4,5)6)11-25-12-14-9-15(23)10-18(24)19(14)26/h7-10,12,26-27H,11H2,1-6H3. The van der Waals surface area contributed by atoms with E-state index in [4.69, 9.17) is 23.2 Å². The monoisotopic (exact) mass is 407 g/mol. The Morgan fingerprint density at radius 3 is 1.85 bits per heavy atom. The number of aliphatic imine (C=N–C) groups is 1. The van der Waals surface area contributed by atoms with Crippen molar-refractivity contribution in [2.45, 2.75) is 58.9 Å². The van der Waals surface area contributed by atoms with Crippen LogP contribution in [0.2, 0.25) is 10.0 Å². The first-order chi connectivity index (χ1) is 12.3. The van der Waals surface area contributed by atoms with Crippen LogP contribution in [0.3, 0.4) is 0 Å². The minimum atomic E-state index is -0.192. The number of phenols is 2. The molecule has 0 aliphatic rings. The molecular formula is C22H27Cl2NO2. The minimum Gasteiger partial charge on any atom is -0.507 e. The van der Waals surface area contributed by atoms with Crippen LogP contribution in [0.4, 0.5) is 0 Å². The number of benzene rings is 2. The molecule has 0 radical (unpaired) electrons. The van der Waals surface area contributed by atoms with Crippen LogP contribution >= 0.6 is 23.2 Å². The van der Waals surface area contributed by atoms with Gasteiger partial charge in [0.25, 0.3) is 0 Å². The summed E-state index contributed by atoms with van der Waals surface area (Å²) in [6.45, 7) is 12.9. The lowest BCUT2D eigenvalue weighted by atomic mass is 9.78. The molecule has 0 amide bonds. The number of hydrogen-bond acceptors (Lipinski definition) is 3. The van der Waals surface area contributed by atoms with Crippen molar-refractivity contribution in [2.24, 2.45) is 4.99 Å². The van der Waals surface area contributed by atoms with Crippen molar-refractivity contribution in [1.29, 1.82) is 0 Å². The SMILES string of the molecule is CC(C)(C)c1cc(CN=Cc2cc(Cl)cc(Cl)c2O)cc(C(C)(C)C)c1O. The number of nitrogens with zero attached hydrogens (tertiary/aromatic N) is 1. The van der Waals surface area contributed by atoms with Crippen LogP contribution < -0.4 is 0 Å². The maximum atomic E-state index is 10.8. The van der Waals surface area contributed by atoms with Crippen molar-refractivity contribution in [3.63, 3.8) is 0 Å². The van der Waals surface area contributed by atoms with E-state index < -0.39 is 0 Å². The summed E-state index contributed by atoms with van der Waals surface area (Å²) in [5.41, 5.74) is 2.87. The number of hydrogen-bond donors (Lipinski definition) is 2. The molecular weight excluding hydrogens is 381 g/mol. The molecule has 0 spiro atoms. The van der Waals surface area contributed by atoms with Gasteiger partial charge in [0.2, 0.25) is 0 Å². The topological polar surface area (TPSA) is 52.8 Å². The van der Waals surface area contributed by atoms with Crippen LogP contribution in [0, 0.1) is 0 Å². The van der Waals surface area contributed by atoms with E-state index in [9.17, 15) is 10.2 Å².